The van der Waals surface area contributed by atoms with Crippen LogP contribution in [0, 0.1) is 0 Å². The van der Waals surface area contributed by atoms with Crippen LogP contribution in [-0.4, -0.2) is 31.1 Å². The molecule has 17 heavy (non-hydrogen) atoms. The lowest BCUT2D eigenvalue weighted by Gasteiger charge is -2.27. The Kier molecular flexibility index (Phi) is 8.61. The van der Waals surface area contributed by atoms with Crippen molar-refractivity contribution in [3.8, 4) is 0 Å². The molecule has 98 valence electrons. The van der Waals surface area contributed by atoms with Crippen LogP contribution in [0.15, 0.2) is 24.3 Å². The summed E-state index contributed by atoms with van der Waals surface area (Å²) in [6.07, 6.45) is 1.13. The fourth-order valence-electron chi connectivity index (χ4n) is 2.08. The van der Waals surface area contributed by atoms with E-state index in [1.807, 2.05) is 0 Å². The number of piperazine rings is 1. The minimum absolute atomic E-state index is 0. The number of hydrogen-bond acceptors (Lipinski definition) is 2. The van der Waals surface area contributed by atoms with Crippen LogP contribution in [-0.2, 0) is 13.0 Å². The van der Waals surface area contributed by atoms with E-state index in [9.17, 15) is 0 Å². The first-order valence-electron chi connectivity index (χ1n) is 5.89. The molecule has 0 radical (unpaired) electrons. The van der Waals surface area contributed by atoms with Crippen LogP contribution in [0.5, 0.6) is 0 Å². The van der Waals surface area contributed by atoms with Crippen molar-refractivity contribution in [2.45, 2.75) is 19.9 Å². The second-order valence-corrected chi connectivity index (χ2v) is 4.20. The SMILES string of the molecule is CCc1cccc(CN2CCNCC2)c1.Cl.Cl. The monoisotopic (exact) mass is 276 g/mol. The Morgan fingerprint density at radius 2 is 1.76 bits per heavy atom. The molecule has 1 heterocycles. The zero-order valence-electron chi connectivity index (χ0n) is 10.3. The molecule has 1 aromatic rings. The number of nitrogens with zero attached hydrogens (tertiary/aromatic N) is 1. The van der Waals surface area contributed by atoms with Crippen molar-refractivity contribution >= 4 is 24.8 Å². The van der Waals surface area contributed by atoms with Gasteiger partial charge in [0.15, 0.2) is 0 Å². The van der Waals surface area contributed by atoms with Crippen molar-refractivity contribution < 1.29 is 0 Å². The molecule has 0 amide bonds. The van der Waals surface area contributed by atoms with E-state index < -0.39 is 0 Å². The molecule has 0 atom stereocenters. The van der Waals surface area contributed by atoms with Gasteiger partial charge in [-0.1, -0.05) is 31.2 Å². The van der Waals surface area contributed by atoms with E-state index in [4.69, 9.17) is 0 Å². The van der Waals surface area contributed by atoms with Gasteiger partial charge in [0.1, 0.15) is 0 Å². The Hall–Kier alpha value is -0.280. The molecule has 0 aliphatic carbocycles. The molecule has 2 nitrogen and oxygen atoms in total. The molecule has 0 unspecified atom stereocenters. The fourth-order valence-corrected chi connectivity index (χ4v) is 2.08. The summed E-state index contributed by atoms with van der Waals surface area (Å²) in [5.41, 5.74) is 2.90. The molecule has 1 aliphatic heterocycles. The van der Waals surface area contributed by atoms with Crippen LogP contribution in [0.2, 0.25) is 0 Å². The summed E-state index contributed by atoms with van der Waals surface area (Å²) < 4.78 is 0. The lowest BCUT2D eigenvalue weighted by molar-refractivity contribution is 0.233. The first kappa shape index (κ1) is 16.7. The highest BCUT2D eigenvalue weighted by molar-refractivity contribution is 5.85. The van der Waals surface area contributed by atoms with Gasteiger partial charge in [-0.25, -0.2) is 0 Å². The maximum absolute atomic E-state index is 3.38. The maximum atomic E-state index is 3.38. The predicted octanol–water partition coefficient (Wildman–Crippen LogP) is 2.50. The summed E-state index contributed by atoms with van der Waals surface area (Å²) >= 11 is 0. The van der Waals surface area contributed by atoms with Gasteiger partial charge in [-0.3, -0.25) is 4.90 Å². The summed E-state index contributed by atoms with van der Waals surface area (Å²) in [5, 5.41) is 3.38. The zero-order chi connectivity index (χ0) is 10.5. The second-order valence-electron chi connectivity index (χ2n) is 4.20. The Morgan fingerprint density at radius 3 is 2.41 bits per heavy atom. The molecule has 2 rings (SSSR count). The van der Waals surface area contributed by atoms with E-state index in [1.54, 1.807) is 0 Å². The third kappa shape index (κ3) is 5.26. The standard InChI is InChI=1S/C13H20N2.2ClH/c1-2-12-4-3-5-13(10-12)11-15-8-6-14-7-9-15;;/h3-5,10,14H,2,6-9,11H2,1H3;2*1H. The molecule has 1 aromatic carbocycles. The minimum Gasteiger partial charge on any atom is -0.314 e. The Labute approximate surface area is 117 Å². The quantitative estimate of drug-likeness (QED) is 0.913. The lowest BCUT2D eigenvalue weighted by atomic mass is 10.1. The number of hydrogen-bond donors (Lipinski definition) is 1. The first-order valence-corrected chi connectivity index (χ1v) is 5.89. The van der Waals surface area contributed by atoms with Crippen LogP contribution in [0.3, 0.4) is 0 Å². The van der Waals surface area contributed by atoms with Gasteiger partial charge in [0.05, 0.1) is 0 Å². The van der Waals surface area contributed by atoms with Crippen molar-refractivity contribution in [1.29, 1.82) is 0 Å². The van der Waals surface area contributed by atoms with Crippen LogP contribution in [0.25, 0.3) is 0 Å². The molecule has 0 spiro atoms. The van der Waals surface area contributed by atoms with Gasteiger partial charge < -0.3 is 5.32 Å². The number of nitrogens with one attached hydrogen (secondary N) is 1. The van der Waals surface area contributed by atoms with Crippen LogP contribution in [0.1, 0.15) is 18.1 Å². The smallest absolute Gasteiger partial charge is 0.0234 e. The van der Waals surface area contributed by atoms with Crippen LogP contribution in [0.4, 0.5) is 0 Å². The van der Waals surface area contributed by atoms with Crippen molar-refractivity contribution in [3.63, 3.8) is 0 Å². The summed E-state index contributed by atoms with van der Waals surface area (Å²) in [4.78, 5) is 2.52. The fraction of sp³-hybridized carbons (Fsp3) is 0.538. The minimum atomic E-state index is 0. The molecule has 1 N–H and O–H groups in total. The molecular formula is C13H22Cl2N2. The highest BCUT2D eigenvalue weighted by Crippen LogP contribution is 2.09. The average molecular weight is 277 g/mol. The molecule has 0 aromatic heterocycles. The van der Waals surface area contributed by atoms with E-state index in [1.165, 1.54) is 24.2 Å². The van der Waals surface area contributed by atoms with E-state index >= 15 is 0 Å². The van der Waals surface area contributed by atoms with Crippen molar-refractivity contribution in [1.82, 2.24) is 10.2 Å². The summed E-state index contributed by atoms with van der Waals surface area (Å²) in [6, 6.07) is 8.96. The zero-order valence-corrected chi connectivity index (χ0v) is 11.9. The summed E-state index contributed by atoms with van der Waals surface area (Å²) in [7, 11) is 0. The van der Waals surface area contributed by atoms with Gasteiger partial charge in [-0.2, -0.15) is 0 Å². The van der Waals surface area contributed by atoms with E-state index in [0.717, 1.165) is 26.1 Å². The molecule has 4 heteroatoms. The van der Waals surface area contributed by atoms with Crippen molar-refractivity contribution in [2.24, 2.45) is 0 Å². The van der Waals surface area contributed by atoms with E-state index in [-0.39, 0.29) is 24.8 Å². The second kappa shape index (κ2) is 8.76. The molecule has 1 fully saturated rings. The third-order valence-electron chi connectivity index (χ3n) is 3.02. The summed E-state index contributed by atoms with van der Waals surface area (Å²) in [5.74, 6) is 0. The number of aryl methyl sites for hydroxylation is 1. The topological polar surface area (TPSA) is 15.3 Å². The first-order chi connectivity index (χ1) is 7.38. The summed E-state index contributed by atoms with van der Waals surface area (Å²) in [6.45, 7) is 7.94. The Balaban J connectivity index is 0.00000128. The van der Waals surface area contributed by atoms with Gasteiger partial charge in [0.2, 0.25) is 0 Å². The molecule has 1 saturated heterocycles. The molecule has 0 bridgehead atoms. The van der Waals surface area contributed by atoms with E-state index in [2.05, 4.69) is 41.4 Å². The predicted molar refractivity (Wildman–Crippen MR) is 78.5 cm³/mol. The van der Waals surface area contributed by atoms with E-state index in [0.29, 0.717) is 0 Å². The highest BCUT2D eigenvalue weighted by Gasteiger charge is 2.09. The van der Waals surface area contributed by atoms with Gasteiger partial charge in [0.25, 0.3) is 0 Å². The van der Waals surface area contributed by atoms with Gasteiger partial charge >= 0.3 is 0 Å². The largest absolute Gasteiger partial charge is 0.314 e. The average Bonchev–Trinajstić information content (AvgIpc) is 2.31. The van der Waals surface area contributed by atoms with Crippen molar-refractivity contribution in [3.05, 3.63) is 35.4 Å². The van der Waals surface area contributed by atoms with Gasteiger partial charge in [-0.05, 0) is 17.5 Å². The maximum Gasteiger partial charge on any atom is 0.0234 e. The molecular weight excluding hydrogens is 255 g/mol. The molecule has 1 aliphatic rings. The Morgan fingerprint density at radius 1 is 1.12 bits per heavy atom. The number of halogens is 2. The lowest BCUT2D eigenvalue weighted by Crippen LogP contribution is -2.42. The normalized spacial score (nSPS) is 15.8. The molecule has 0 saturated carbocycles. The van der Waals surface area contributed by atoms with Gasteiger partial charge in [-0.15, -0.1) is 24.8 Å². The third-order valence-corrected chi connectivity index (χ3v) is 3.02. The van der Waals surface area contributed by atoms with Crippen LogP contribution < -0.4 is 5.32 Å². The highest BCUT2D eigenvalue weighted by atomic mass is 35.5. The van der Waals surface area contributed by atoms with Crippen LogP contribution >= 0.6 is 24.8 Å². The number of benzene rings is 1. The Bertz CT molecular complexity index is 312. The number of rotatable bonds is 3. The van der Waals surface area contributed by atoms with Crippen molar-refractivity contribution in [2.75, 3.05) is 26.2 Å². The van der Waals surface area contributed by atoms with Gasteiger partial charge in [0, 0.05) is 32.7 Å².